The Bertz CT molecular complexity index is 553. The Morgan fingerprint density at radius 1 is 1.30 bits per heavy atom. The summed E-state index contributed by atoms with van der Waals surface area (Å²) in [5.41, 5.74) is 0.887. The summed E-state index contributed by atoms with van der Waals surface area (Å²) in [6.45, 7) is 2.63. The van der Waals surface area contributed by atoms with Crippen LogP contribution in [0.2, 0.25) is 0 Å². The van der Waals surface area contributed by atoms with Gasteiger partial charge in [0.1, 0.15) is 5.75 Å². The molecule has 0 saturated carbocycles. The van der Waals surface area contributed by atoms with Gasteiger partial charge in [0.15, 0.2) is 6.61 Å². The van der Waals surface area contributed by atoms with Crippen LogP contribution in [0.5, 0.6) is 5.75 Å². The van der Waals surface area contributed by atoms with Crippen molar-refractivity contribution in [2.75, 3.05) is 31.1 Å². The number of rotatable bonds is 5. The zero-order valence-corrected chi connectivity index (χ0v) is 13.2. The van der Waals surface area contributed by atoms with E-state index in [0.29, 0.717) is 12.2 Å². The fraction of sp³-hybridized carbons (Fsp3) is 0.529. The smallest absolute Gasteiger partial charge is 0.258 e. The summed E-state index contributed by atoms with van der Waals surface area (Å²) >= 11 is 0. The summed E-state index contributed by atoms with van der Waals surface area (Å²) in [4.78, 5) is 25.4. The van der Waals surface area contributed by atoms with Crippen LogP contribution in [0.1, 0.15) is 25.7 Å². The number of amides is 2. The third-order valence-corrected chi connectivity index (χ3v) is 4.25. The topological polar surface area (TPSA) is 70.7 Å². The lowest BCUT2D eigenvalue weighted by Gasteiger charge is -2.23. The first-order chi connectivity index (χ1) is 11.2. The number of piperidine rings is 1. The van der Waals surface area contributed by atoms with Crippen molar-refractivity contribution in [3.63, 3.8) is 0 Å². The first-order valence-electron chi connectivity index (χ1n) is 8.26. The number of anilines is 1. The van der Waals surface area contributed by atoms with Gasteiger partial charge in [-0.05, 0) is 50.1 Å². The Morgan fingerprint density at radius 3 is 2.78 bits per heavy atom. The number of nitrogens with one attached hydrogen (secondary N) is 2. The monoisotopic (exact) mass is 317 g/mol. The molecule has 2 heterocycles. The quantitative estimate of drug-likeness (QED) is 0.852. The second-order valence-corrected chi connectivity index (χ2v) is 6.04. The highest BCUT2D eigenvalue weighted by Crippen LogP contribution is 2.23. The summed E-state index contributed by atoms with van der Waals surface area (Å²) in [6.07, 6.45) is 3.63. The molecule has 0 aromatic heterocycles. The molecule has 6 nitrogen and oxygen atoms in total. The Hall–Kier alpha value is -2.08. The maximum absolute atomic E-state index is 11.9. The zero-order valence-electron chi connectivity index (χ0n) is 13.2. The predicted octanol–water partition coefficient (Wildman–Crippen LogP) is 1.06. The molecule has 2 fully saturated rings. The lowest BCUT2D eigenvalue weighted by Crippen LogP contribution is -2.46. The van der Waals surface area contributed by atoms with Gasteiger partial charge in [0, 0.05) is 31.2 Å². The second kappa shape index (κ2) is 7.46. The summed E-state index contributed by atoms with van der Waals surface area (Å²) < 4.78 is 5.52. The number of nitrogens with zero attached hydrogens (tertiary/aromatic N) is 1. The molecule has 0 aliphatic carbocycles. The molecule has 2 aliphatic rings. The van der Waals surface area contributed by atoms with Crippen LogP contribution < -0.4 is 20.3 Å². The summed E-state index contributed by atoms with van der Waals surface area (Å²) in [5.74, 6) is 0.703. The number of carbonyl (C=O) groups is 2. The fourth-order valence-corrected chi connectivity index (χ4v) is 3.04. The molecule has 2 amide bonds. The van der Waals surface area contributed by atoms with Crippen LogP contribution in [0.4, 0.5) is 5.69 Å². The number of hydrogen-bond donors (Lipinski definition) is 2. The zero-order chi connectivity index (χ0) is 16.1. The van der Waals surface area contributed by atoms with Gasteiger partial charge < -0.3 is 20.3 Å². The third kappa shape index (κ3) is 4.22. The van der Waals surface area contributed by atoms with Gasteiger partial charge >= 0.3 is 0 Å². The molecule has 0 bridgehead atoms. The number of carbonyl (C=O) groups excluding carboxylic acids is 2. The fourth-order valence-electron chi connectivity index (χ4n) is 3.04. The average molecular weight is 317 g/mol. The van der Waals surface area contributed by atoms with E-state index in [1.165, 1.54) is 0 Å². The highest BCUT2D eigenvalue weighted by molar-refractivity contribution is 5.95. The van der Waals surface area contributed by atoms with Gasteiger partial charge in [0.25, 0.3) is 5.91 Å². The van der Waals surface area contributed by atoms with E-state index < -0.39 is 0 Å². The molecule has 23 heavy (non-hydrogen) atoms. The predicted molar refractivity (Wildman–Crippen MR) is 87.6 cm³/mol. The molecular formula is C17H23N3O3. The normalized spacial score (nSPS) is 21.3. The lowest BCUT2D eigenvalue weighted by molar-refractivity contribution is -0.124. The van der Waals surface area contributed by atoms with Gasteiger partial charge in [-0.2, -0.15) is 0 Å². The molecule has 6 heteroatoms. The maximum atomic E-state index is 11.9. The van der Waals surface area contributed by atoms with Gasteiger partial charge in [-0.15, -0.1) is 0 Å². The molecule has 3 rings (SSSR count). The minimum absolute atomic E-state index is 0.0124. The van der Waals surface area contributed by atoms with Gasteiger partial charge in [-0.1, -0.05) is 0 Å². The highest BCUT2D eigenvalue weighted by Gasteiger charge is 2.21. The van der Waals surface area contributed by atoms with E-state index in [1.807, 2.05) is 12.1 Å². The highest BCUT2D eigenvalue weighted by atomic mass is 16.5. The second-order valence-electron chi connectivity index (χ2n) is 6.04. The molecule has 124 valence electrons. The minimum atomic E-state index is -0.0995. The Labute approximate surface area is 136 Å². The van der Waals surface area contributed by atoms with Crippen LogP contribution >= 0.6 is 0 Å². The number of hydrogen-bond acceptors (Lipinski definition) is 4. The Balaban J connectivity index is 1.46. The van der Waals surface area contributed by atoms with Crippen LogP contribution in [0.15, 0.2) is 24.3 Å². The van der Waals surface area contributed by atoms with Gasteiger partial charge in [0.05, 0.1) is 0 Å². The molecule has 2 aliphatic heterocycles. The van der Waals surface area contributed by atoms with Crippen molar-refractivity contribution in [2.24, 2.45) is 0 Å². The van der Waals surface area contributed by atoms with Crippen LogP contribution in [0.25, 0.3) is 0 Å². The summed E-state index contributed by atoms with van der Waals surface area (Å²) in [7, 11) is 0. The average Bonchev–Trinajstić information content (AvgIpc) is 3.00. The van der Waals surface area contributed by atoms with Crippen molar-refractivity contribution in [3.05, 3.63) is 24.3 Å². The van der Waals surface area contributed by atoms with E-state index in [1.54, 1.807) is 17.0 Å². The third-order valence-electron chi connectivity index (χ3n) is 4.25. The Kier molecular flexibility index (Phi) is 5.12. The number of ether oxygens (including phenoxy) is 1. The number of benzene rings is 1. The van der Waals surface area contributed by atoms with E-state index in [-0.39, 0.29) is 24.5 Å². The Morgan fingerprint density at radius 2 is 2.13 bits per heavy atom. The largest absolute Gasteiger partial charge is 0.484 e. The van der Waals surface area contributed by atoms with Crippen molar-refractivity contribution in [1.29, 1.82) is 0 Å². The maximum Gasteiger partial charge on any atom is 0.258 e. The van der Waals surface area contributed by atoms with E-state index >= 15 is 0 Å². The SMILES string of the molecule is O=C(COc1ccc(N2CCCC2=O)cc1)N[C@H]1CCCNC1. The molecule has 0 unspecified atom stereocenters. The molecular weight excluding hydrogens is 294 g/mol. The van der Waals surface area contributed by atoms with Gasteiger partial charge in [0.2, 0.25) is 5.91 Å². The molecule has 1 atom stereocenters. The van der Waals surface area contributed by atoms with Crippen molar-refractivity contribution < 1.29 is 14.3 Å². The van der Waals surface area contributed by atoms with Crippen LogP contribution in [-0.2, 0) is 9.59 Å². The minimum Gasteiger partial charge on any atom is -0.484 e. The molecule has 2 N–H and O–H groups in total. The molecule has 1 aromatic carbocycles. The van der Waals surface area contributed by atoms with Crippen molar-refractivity contribution in [2.45, 2.75) is 31.7 Å². The van der Waals surface area contributed by atoms with Gasteiger partial charge in [-0.25, -0.2) is 0 Å². The van der Waals surface area contributed by atoms with Crippen LogP contribution in [0.3, 0.4) is 0 Å². The lowest BCUT2D eigenvalue weighted by atomic mass is 10.1. The molecule has 0 spiro atoms. The van der Waals surface area contributed by atoms with E-state index in [2.05, 4.69) is 10.6 Å². The molecule has 1 aromatic rings. The van der Waals surface area contributed by atoms with E-state index in [0.717, 1.165) is 44.6 Å². The van der Waals surface area contributed by atoms with E-state index in [4.69, 9.17) is 4.74 Å². The van der Waals surface area contributed by atoms with Gasteiger partial charge in [-0.3, -0.25) is 9.59 Å². The molecule has 2 saturated heterocycles. The summed E-state index contributed by atoms with van der Waals surface area (Å²) in [6, 6.07) is 7.53. The molecule has 0 radical (unpaired) electrons. The first kappa shape index (κ1) is 15.8. The first-order valence-corrected chi connectivity index (χ1v) is 8.26. The van der Waals surface area contributed by atoms with Crippen LogP contribution in [-0.4, -0.2) is 44.1 Å². The standard InChI is InChI=1S/C17H23N3O3/c21-16(19-13-3-1-9-18-11-13)12-23-15-7-5-14(6-8-15)20-10-2-4-17(20)22/h5-8,13,18H,1-4,9-12H2,(H,19,21)/t13-/m0/s1. The van der Waals surface area contributed by atoms with E-state index in [9.17, 15) is 9.59 Å². The van der Waals surface area contributed by atoms with Crippen LogP contribution in [0, 0.1) is 0 Å². The van der Waals surface area contributed by atoms with Crippen molar-refractivity contribution >= 4 is 17.5 Å². The van der Waals surface area contributed by atoms with Crippen molar-refractivity contribution in [3.8, 4) is 5.75 Å². The summed E-state index contributed by atoms with van der Waals surface area (Å²) in [5, 5.41) is 6.23. The van der Waals surface area contributed by atoms with Crippen molar-refractivity contribution in [1.82, 2.24) is 10.6 Å².